The van der Waals surface area contributed by atoms with E-state index < -0.39 is 0 Å². The molecular weight excluding hydrogens is 262 g/mol. The predicted octanol–water partition coefficient (Wildman–Crippen LogP) is 2.26. The van der Waals surface area contributed by atoms with Gasteiger partial charge in [-0.3, -0.25) is 4.79 Å². The second-order valence-corrected chi connectivity index (χ2v) is 5.58. The van der Waals surface area contributed by atoms with Crippen LogP contribution in [0.15, 0.2) is 42.2 Å². The molecule has 21 heavy (non-hydrogen) atoms. The lowest BCUT2D eigenvalue weighted by atomic mass is 9.90. The standard InChI is InChI=1S/C17H17N3O/c21-15-11-20-10-9-19-17(20)16(12-5-7-18-8-6-12)14-4-2-1-3-13(14)15/h1-4,9-10,18H,5-8,11H2. The van der Waals surface area contributed by atoms with Crippen LogP contribution in [-0.2, 0) is 6.54 Å². The zero-order valence-corrected chi connectivity index (χ0v) is 11.8. The van der Waals surface area contributed by atoms with Gasteiger partial charge < -0.3 is 9.88 Å². The molecule has 1 aromatic carbocycles. The molecule has 0 aliphatic carbocycles. The van der Waals surface area contributed by atoms with Crippen molar-refractivity contribution in [3.8, 4) is 0 Å². The Morgan fingerprint density at radius 1 is 1.10 bits per heavy atom. The molecule has 4 nitrogen and oxygen atoms in total. The first kappa shape index (κ1) is 12.5. The van der Waals surface area contributed by atoms with Gasteiger partial charge in [-0.2, -0.15) is 0 Å². The van der Waals surface area contributed by atoms with Crippen molar-refractivity contribution in [2.24, 2.45) is 0 Å². The van der Waals surface area contributed by atoms with Gasteiger partial charge in [0.2, 0.25) is 0 Å². The molecule has 4 heteroatoms. The number of piperidine rings is 1. The summed E-state index contributed by atoms with van der Waals surface area (Å²) in [5, 5.41) is 3.39. The third-order valence-corrected chi connectivity index (χ3v) is 4.31. The number of hydrogen-bond donors (Lipinski definition) is 1. The van der Waals surface area contributed by atoms with Gasteiger partial charge in [-0.1, -0.05) is 29.8 Å². The van der Waals surface area contributed by atoms with Gasteiger partial charge in [0.1, 0.15) is 5.82 Å². The maximum atomic E-state index is 12.5. The van der Waals surface area contributed by atoms with Crippen LogP contribution < -0.4 is 5.32 Å². The largest absolute Gasteiger partial charge is 0.323 e. The summed E-state index contributed by atoms with van der Waals surface area (Å²) in [5.74, 6) is 1.10. The average Bonchev–Trinajstić information content (AvgIpc) is 2.93. The van der Waals surface area contributed by atoms with Gasteiger partial charge in [0.25, 0.3) is 0 Å². The van der Waals surface area contributed by atoms with Crippen LogP contribution in [0.25, 0.3) is 5.57 Å². The number of nitrogens with one attached hydrogen (secondary N) is 1. The Hall–Kier alpha value is -2.20. The molecule has 1 aromatic heterocycles. The molecule has 0 atom stereocenters. The van der Waals surface area contributed by atoms with E-state index in [2.05, 4.69) is 16.4 Å². The van der Waals surface area contributed by atoms with E-state index in [0.29, 0.717) is 6.54 Å². The van der Waals surface area contributed by atoms with Gasteiger partial charge in [0.05, 0.1) is 6.54 Å². The van der Waals surface area contributed by atoms with Gasteiger partial charge in [0, 0.05) is 23.5 Å². The lowest BCUT2D eigenvalue weighted by Crippen LogP contribution is -2.24. The van der Waals surface area contributed by atoms with Crippen molar-refractivity contribution in [3.63, 3.8) is 0 Å². The van der Waals surface area contributed by atoms with Crippen molar-refractivity contribution in [2.45, 2.75) is 19.4 Å². The fourth-order valence-electron chi connectivity index (χ4n) is 3.30. The van der Waals surface area contributed by atoms with Gasteiger partial charge in [-0.05, 0) is 31.5 Å². The van der Waals surface area contributed by atoms with Crippen LogP contribution in [0.5, 0.6) is 0 Å². The average molecular weight is 279 g/mol. The summed E-state index contributed by atoms with van der Waals surface area (Å²) in [6.07, 6.45) is 5.73. The molecular formula is C17H17N3O. The second kappa shape index (κ2) is 4.97. The number of Topliss-reactive ketones (excluding diaryl/α,β-unsaturated/α-hetero) is 1. The van der Waals surface area contributed by atoms with Crippen LogP contribution in [0.3, 0.4) is 0 Å². The number of rotatable bonds is 0. The van der Waals surface area contributed by atoms with E-state index in [4.69, 9.17) is 0 Å². The highest BCUT2D eigenvalue weighted by Gasteiger charge is 2.26. The molecule has 4 rings (SSSR count). The van der Waals surface area contributed by atoms with Crippen LogP contribution in [0, 0.1) is 0 Å². The summed E-state index contributed by atoms with van der Waals surface area (Å²) in [7, 11) is 0. The molecule has 0 bridgehead atoms. The SMILES string of the molecule is O=C1Cn2ccnc2C(=C2CCNCC2)c2ccccc21. The van der Waals surface area contributed by atoms with Crippen LogP contribution in [-0.4, -0.2) is 28.4 Å². The van der Waals surface area contributed by atoms with Crippen LogP contribution in [0.4, 0.5) is 0 Å². The molecule has 3 heterocycles. The van der Waals surface area contributed by atoms with Crippen molar-refractivity contribution >= 4 is 11.4 Å². The summed E-state index contributed by atoms with van der Waals surface area (Å²) in [4.78, 5) is 17.1. The summed E-state index contributed by atoms with van der Waals surface area (Å²) in [5.41, 5.74) is 4.44. The maximum Gasteiger partial charge on any atom is 0.183 e. The maximum absolute atomic E-state index is 12.5. The topological polar surface area (TPSA) is 46.9 Å². The second-order valence-electron chi connectivity index (χ2n) is 5.58. The lowest BCUT2D eigenvalue weighted by molar-refractivity contribution is 0.0973. The number of fused-ring (bicyclic) bond motifs is 2. The Labute approximate surface area is 123 Å². The molecule has 1 fully saturated rings. The molecule has 0 saturated carbocycles. The minimum atomic E-state index is 0.161. The molecule has 0 amide bonds. The molecule has 0 spiro atoms. The van der Waals surface area contributed by atoms with Crippen molar-refractivity contribution in [3.05, 3.63) is 59.2 Å². The normalized spacial score (nSPS) is 18.2. The number of nitrogens with zero attached hydrogens (tertiary/aromatic N) is 2. The summed E-state index contributed by atoms with van der Waals surface area (Å²) < 4.78 is 1.98. The first-order chi connectivity index (χ1) is 10.3. The van der Waals surface area contributed by atoms with E-state index in [-0.39, 0.29) is 5.78 Å². The third-order valence-electron chi connectivity index (χ3n) is 4.31. The highest BCUT2D eigenvalue weighted by molar-refractivity contribution is 6.03. The summed E-state index contributed by atoms with van der Waals surface area (Å²) in [6.45, 7) is 2.37. The molecule has 0 unspecified atom stereocenters. The van der Waals surface area contributed by atoms with E-state index in [1.807, 2.05) is 29.0 Å². The van der Waals surface area contributed by atoms with Gasteiger partial charge in [0.15, 0.2) is 5.78 Å². The zero-order chi connectivity index (χ0) is 14.2. The smallest absolute Gasteiger partial charge is 0.183 e. The molecule has 2 aromatic rings. The molecule has 1 saturated heterocycles. The Balaban J connectivity index is 2.01. The van der Waals surface area contributed by atoms with Gasteiger partial charge in [-0.25, -0.2) is 4.98 Å². The first-order valence-corrected chi connectivity index (χ1v) is 7.41. The Kier molecular flexibility index (Phi) is 2.97. The van der Waals surface area contributed by atoms with E-state index in [1.165, 1.54) is 11.1 Å². The Morgan fingerprint density at radius 2 is 1.86 bits per heavy atom. The summed E-state index contributed by atoms with van der Waals surface area (Å²) in [6, 6.07) is 7.94. The number of hydrogen-bond acceptors (Lipinski definition) is 3. The highest BCUT2D eigenvalue weighted by atomic mass is 16.1. The Morgan fingerprint density at radius 3 is 2.67 bits per heavy atom. The molecule has 106 valence electrons. The Bertz CT molecular complexity index is 734. The lowest BCUT2D eigenvalue weighted by Gasteiger charge is -2.20. The van der Waals surface area contributed by atoms with E-state index in [9.17, 15) is 4.79 Å². The number of carbonyl (C=O) groups is 1. The fraction of sp³-hybridized carbons (Fsp3) is 0.294. The summed E-state index contributed by atoms with van der Waals surface area (Å²) >= 11 is 0. The third kappa shape index (κ3) is 2.03. The molecule has 0 radical (unpaired) electrons. The molecule has 1 N–H and O–H groups in total. The fourth-order valence-corrected chi connectivity index (χ4v) is 3.30. The molecule has 2 aliphatic heterocycles. The number of aromatic nitrogens is 2. The number of ketones is 1. The van der Waals surface area contributed by atoms with E-state index in [0.717, 1.165) is 42.9 Å². The number of carbonyl (C=O) groups excluding carboxylic acids is 1. The number of imidazole rings is 1. The van der Waals surface area contributed by atoms with Crippen molar-refractivity contribution in [1.29, 1.82) is 0 Å². The van der Waals surface area contributed by atoms with Crippen LogP contribution in [0.2, 0.25) is 0 Å². The monoisotopic (exact) mass is 279 g/mol. The minimum Gasteiger partial charge on any atom is -0.323 e. The highest BCUT2D eigenvalue weighted by Crippen LogP contribution is 2.34. The van der Waals surface area contributed by atoms with E-state index in [1.54, 1.807) is 6.20 Å². The molecule has 2 aliphatic rings. The van der Waals surface area contributed by atoms with Gasteiger partial charge >= 0.3 is 0 Å². The van der Waals surface area contributed by atoms with Gasteiger partial charge in [-0.15, -0.1) is 0 Å². The van der Waals surface area contributed by atoms with Crippen molar-refractivity contribution in [1.82, 2.24) is 14.9 Å². The van der Waals surface area contributed by atoms with Crippen LogP contribution in [0.1, 0.15) is 34.6 Å². The van der Waals surface area contributed by atoms with Crippen LogP contribution >= 0.6 is 0 Å². The minimum absolute atomic E-state index is 0.161. The van der Waals surface area contributed by atoms with Crippen molar-refractivity contribution < 1.29 is 4.79 Å². The predicted molar refractivity (Wildman–Crippen MR) is 81.1 cm³/mol. The van der Waals surface area contributed by atoms with E-state index >= 15 is 0 Å². The first-order valence-electron chi connectivity index (χ1n) is 7.41. The van der Waals surface area contributed by atoms with Crippen molar-refractivity contribution in [2.75, 3.05) is 13.1 Å². The number of benzene rings is 1. The quantitative estimate of drug-likeness (QED) is 0.804. The zero-order valence-electron chi connectivity index (χ0n) is 11.8.